The highest BCUT2D eigenvalue weighted by atomic mass is 35.5. The molecule has 156 valence electrons. The number of anilines is 2. The van der Waals surface area contributed by atoms with Gasteiger partial charge in [-0.3, -0.25) is 9.78 Å². The second-order valence-electron chi connectivity index (χ2n) is 7.01. The zero-order valence-electron chi connectivity index (χ0n) is 16.5. The number of pyridine rings is 2. The predicted molar refractivity (Wildman–Crippen MR) is 123 cm³/mol. The number of aryl methyl sites for hydroxylation is 1. The minimum absolute atomic E-state index is 0.130. The zero-order valence-corrected chi connectivity index (χ0v) is 18.0. The molecule has 0 aliphatic heterocycles. The third kappa shape index (κ3) is 4.71. The quantitative estimate of drug-likeness (QED) is 0.365. The maximum atomic E-state index is 12.9. The highest BCUT2D eigenvalue weighted by molar-refractivity contribution is 6.34. The lowest BCUT2D eigenvalue weighted by atomic mass is 10.1. The smallest absolute Gasteiger partial charge is 0.274 e. The molecule has 0 aliphatic rings. The summed E-state index contributed by atoms with van der Waals surface area (Å²) in [7, 11) is 0. The Labute approximate surface area is 188 Å². The number of rotatable bonds is 5. The first kappa shape index (κ1) is 20.9. The van der Waals surface area contributed by atoms with E-state index in [1.807, 2.05) is 31.2 Å². The van der Waals surface area contributed by atoms with Gasteiger partial charge in [-0.2, -0.15) is 0 Å². The fraction of sp³-hybridized carbons (Fsp3) is 0.0870. The zero-order chi connectivity index (χ0) is 22.0. The summed E-state index contributed by atoms with van der Waals surface area (Å²) in [5.41, 5.74) is 2.76. The van der Waals surface area contributed by atoms with Crippen LogP contribution in [-0.2, 0) is 6.54 Å². The van der Waals surface area contributed by atoms with Crippen LogP contribution in [0, 0.1) is 6.92 Å². The van der Waals surface area contributed by atoms with Gasteiger partial charge in [0.25, 0.3) is 5.91 Å². The average molecular weight is 453 g/mol. The molecule has 0 atom stereocenters. The molecule has 0 fully saturated rings. The van der Waals surface area contributed by atoms with Gasteiger partial charge in [0.2, 0.25) is 0 Å². The van der Waals surface area contributed by atoms with Crippen LogP contribution in [0.5, 0.6) is 5.75 Å². The van der Waals surface area contributed by atoms with Crippen LogP contribution in [0.15, 0.2) is 60.8 Å². The van der Waals surface area contributed by atoms with Crippen LogP contribution in [0.3, 0.4) is 0 Å². The van der Waals surface area contributed by atoms with Crippen LogP contribution in [0.2, 0.25) is 10.0 Å². The molecule has 0 aliphatic carbocycles. The lowest BCUT2D eigenvalue weighted by Gasteiger charge is -2.13. The lowest BCUT2D eigenvalue weighted by Crippen LogP contribution is -2.24. The Morgan fingerprint density at radius 1 is 1.06 bits per heavy atom. The van der Waals surface area contributed by atoms with E-state index in [2.05, 4.69) is 20.6 Å². The largest absolute Gasteiger partial charge is 0.504 e. The molecule has 6 nitrogen and oxygen atoms in total. The molecule has 31 heavy (non-hydrogen) atoms. The van der Waals surface area contributed by atoms with Crippen molar-refractivity contribution in [2.24, 2.45) is 0 Å². The number of carbonyl (C=O) groups excluding carboxylic acids is 1. The number of nitrogens with one attached hydrogen (secondary N) is 2. The van der Waals surface area contributed by atoms with E-state index in [-0.39, 0.29) is 23.5 Å². The average Bonchev–Trinajstić information content (AvgIpc) is 2.73. The predicted octanol–water partition coefficient (Wildman–Crippen LogP) is 5.62. The second kappa shape index (κ2) is 8.79. The molecule has 2 aromatic carbocycles. The second-order valence-corrected chi connectivity index (χ2v) is 7.88. The number of benzene rings is 2. The molecule has 0 unspecified atom stereocenters. The summed E-state index contributed by atoms with van der Waals surface area (Å²) < 4.78 is 0. The van der Waals surface area contributed by atoms with E-state index < -0.39 is 5.91 Å². The van der Waals surface area contributed by atoms with Gasteiger partial charge in [-0.25, -0.2) is 4.98 Å². The van der Waals surface area contributed by atoms with Gasteiger partial charge >= 0.3 is 0 Å². The fourth-order valence-electron chi connectivity index (χ4n) is 3.21. The van der Waals surface area contributed by atoms with Crippen LogP contribution in [0.4, 0.5) is 11.5 Å². The van der Waals surface area contributed by atoms with Gasteiger partial charge in [0.15, 0.2) is 11.4 Å². The summed E-state index contributed by atoms with van der Waals surface area (Å²) in [4.78, 5) is 21.5. The topological polar surface area (TPSA) is 87.1 Å². The Morgan fingerprint density at radius 2 is 1.84 bits per heavy atom. The number of fused-ring (bicyclic) bond motifs is 1. The Balaban J connectivity index is 1.68. The van der Waals surface area contributed by atoms with E-state index in [9.17, 15) is 9.90 Å². The Bertz CT molecular complexity index is 1270. The molecule has 0 saturated carbocycles. The first-order valence-electron chi connectivity index (χ1n) is 9.45. The Kier molecular flexibility index (Phi) is 5.93. The molecule has 0 bridgehead atoms. The van der Waals surface area contributed by atoms with Gasteiger partial charge in [0, 0.05) is 33.9 Å². The summed E-state index contributed by atoms with van der Waals surface area (Å²) in [6.45, 7) is 2.15. The lowest BCUT2D eigenvalue weighted by molar-refractivity contribution is 0.0943. The standard InChI is InChI=1S/C23H18Cl2N4O2/c1-13-4-2-5-17(8-13)28-22-18-6-3-7-26-19(18)21(30)20(29-22)23(31)27-12-14-9-15(24)11-16(25)10-14/h2-11,30H,12H2,1H3,(H,27,31)(H,28,29). The SMILES string of the molecule is Cc1cccc(Nc2nc(C(=O)NCc3cc(Cl)cc(Cl)c3)c(O)c3ncccc23)c1. The van der Waals surface area contributed by atoms with E-state index in [0.717, 1.165) is 16.8 Å². The van der Waals surface area contributed by atoms with Crippen molar-refractivity contribution in [1.29, 1.82) is 0 Å². The van der Waals surface area contributed by atoms with Gasteiger partial charge in [0.1, 0.15) is 11.3 Å². The highest BCUT2D eigenvalue weighted by Gasteiger charge is 2.20. The number of aromatic nitrogens is 2. The summed E-state index contributed by atoms with van der Waals surface area (Å²) in [6, 6.07) is 16.3. The van der Waals surface area contributed by atoms with Gasteiger partial charge in [-0.1, -0.05) is 35.3 Å². The van der Waals surface area contributed by atoms with Gasteiger partial charge in [-0.05, 0) is 60.5 Å². The van der Waals surface area contributed by atoms with Crippen molar-refractivity contribution in [2.45, 2.75) is 13.5 Å². The maximum Gasteiger partial charge on any atom is 0.274 e. The fourth-order valence-corrected chi connectivity index (χ4v) is 3.79. The number of hydrogen-bond donors (Lipinski definition) is 3. The van der Waals surface area contributed by atoms with E-state index >= 15 is 0 Å². The minimum Gasteiger partial charge on any atom is -0.504 e. The molecule has 0 radical (unpaired) electrons. The van der Waals surface area contributed by atoms with E-state index in [1.54, 1.807) is 36.5 Å². The normalized spacial score (nSPS) is 10.8. The summed E-state index contributed by atoms with van der Waals surface area (Å²) >= 11 is 12.0. The highest BCUT2D eigenvalue weighted by Crippen LogP contribution is 2.32. The molecule has 0 spiro atoms. The van der Waals surface area contributed by atoms with Crippen molar-refractivity contribution in [3.05, 3.63) is 87.7 Å². The first-order chi connectivity index (χ1) is 14.9. The molecule has 2 aromatic heterocycles. The van der Waals surface area contributed by atoms with Crippen molar-refractivity contribution in [3.8, 4) is 5.75 Å². The third-order valence-corrected chi connectivity index (χ3v) is 5.04. The monoisotopic (exact) mass is 452 g/mol. The molecule has 8 heteroatoms. The number of carbonyl (C=O) groups is 1. The number of nitrogens with zero attached hydrogens (tertiary/aromatic N) is 2. The summed E-state index contributed by atoms with van der Waals surface area (Å²) in [6.07, 6.45) is 1.55. The Morgan fingerprint density at radius 3 is 2.58 bits per heavy atom. The number of halogens is 2. The van der Waals surface area contributed by atoms with Crippen molar-refractivity contribution in [3.63, 3.8) is 0 Å². The third-order valence-electron chi connectivity index (χ3n) is 4.61. The molecular formula is C23H18Cl2N4O2. The van der Waals surface area contributed by atoms with Crippen LogP contribution in [0.25, 0.3) is 10.9 Å². The molecule has 2 heterocycles. The first-order valence-corrected chi connectivity index (χ1v) is 10.2. The van der Waals surface area contributed by atoms with Crippen molar-refractivity contribution in [1.82, 2.24) is 15.3 Å². The van der Waals surface area contributed by atoms with Crippen molar-refractivity contribution >= 4 is 51.5 Å². The summed E-state index contributed by atoms with van der Waals surface area (Å²) in [5, 5.41) is 18.2. The summed E-state index contributed by atoms with van der Waals surface area (Å²) in [5.74, 6) is -0.414. The van der Waals surface area contributed by atoms with Crippen molar-refractivity contribution < 1.29 is 9.90 Å². The van der Waals surface area contributed by atoms with E-state index in [4.69, 9.17) is 23.2 Å². The van der Waals surface area contributed by atoms with E-state index in [1.165, 1.54) is 0 Å². The van der Waals surface area contributed by atoms with Crippen LogP contribution in [0.1, 0.15) is 21.6 Å². The van der Waals surface area contributed by atoms with Gasteiger partial charge in [0.05, 0.1) is 0 Å². The van der Waals surface area contributed by atoms with Crippen LogP contribution >= 0.6 is 23.2 Å². The molecular weight excluding hydrogens is 435 g/mol. The molecule has 0 saturated heterocycles. The van der Waals surface area contributed by atoms with Gasteiger partial charge in [-0.15, -0.1) is 0 Å². The van der Waals surface area contributed by atoms with E-state index in [0.29, 0.717) is 21.2 Å². The molecule has 3 N–H and O–H groups in total. The van der Waals surface area contributed by atoms with Crippen LogP contribution < -0.4 is 10.6 Å². The van der Waals surface area contributed by atoms with Gasteiger partial charge < -0.3 is 15.7 Å². The van der Waals surface area contributed by atoms with Crippen molar-refractivity contribution in [2.75, 3.05) is 5.32 Å². The number of amides is 1. The molecule has 4 aromatic rings. The number of aromatic hydroxyl groups is 1. The molecule has 4 rings (SSSR count). The maximum absolute atomic E-state index is 12.9. The molecule has 1 amide bonds. The minimum atomic E-state index is -0.548. The Hall–Kier alpha value is -3.35. The van der Waals surface area contributed by atoms with Crippen LogP contribution in [-0.4, -0.2) is 21.0 Å². The number of hydrogen-bond acceptors (Lipinski definition) is 5.